The van der Waals surface area contributed by atoms with Gasteiger partial charge in [-0.25, -0.2) is 0 Å². The summed E-state index contributed by atoms with van der Waals surface area (Å²) in [5.41, 5.74) is 0.754. The van der Waals surface area contributed by atoms with Crippen molar-refractivity contribution in [1.29, 1.82) is 0 Å². The van der Waals surface area contributed by atoms with Crippen LogP contribution in [0.15, 0.2) is 46.9 Å². The number of benzene rings is 2. The van der Waals surface area contributed by atoms with Crippen molar-refractivity contribution in [2.24, 2.45) is 0 Å². The van der Waals surface area contributed by atoms with Crippen molar-refractivity contribution in [2.45, 2.75) is 18.8 Å². The average Bonchev–Trinajstić information content (AvgIpc) is 2.64. The van der Waals surface area contributed by atoms with Gasteiger partial charge >= 0.3 is 12.7 Å². The van der Waals surface area contributed by atoms with Crippen molar-refractivity contribution in [3.05, 3.63) is 58.1 Å². The molecule has 1 N–H and O–H groups in total. The summed E-state index contributed by atoms with van der Waals surface area (Å²) in [6, 6.07) is 8.59. The van der Waals surface area contributed by atoms with Crippen molar-refractivity contribution in [1.82, 2.24) is 10.2 Å². The first-order valence-corrected chi connectivity index (χ1v) is 9.67. The molecule has 1 aliphatic heterocycles. The van der Waals surface area contributed by atoms with Crippen LogP contribution in [-0.2, 0) is 0 Å². The van der Waals surface area contributed by atoms with E-state index >= 15 is 0 Å². The summed E-state index contributed by atoms with van der Waals surface area (Å²) in [6.07, 6.45) is -9.72. The Labute approximate surface area is 176 Å². The molecule has 2 aromatic rings. The van der Waals surface area contributed by atoms with Crippen LogP contribution >= 0.6 is 15.9 Å². The first kappa shape index (κ1) is 22.7. The topological polar surface area (TPSA) is 33.7 Å². The smallest absolute Gasteiger partial charge is 0.406 e. The Hall–Kier alpha value is -1.98. The predicted molar refractivity (Wildman–Crippen MR) is 100 cm³/mol. The zero-order chi connectivity index (χ0) is 21.9. The van der Waals surface area contributed by atoms with Crippen molar-refractivity contribution in [3.8, 4) is 11.5 Å². The number of nitrogens with one attached hydrogen (secondary N) is 1. The molecule has 1 heterocycles. The molecule has 1 fully saturated rings. The van der Waals surface area contributed by atoms with Gasteiger partial charge in [-0.05, 0) is 35.9 Å². The summed E-state index contributed by atoms with van der Waals surface area (Å²) in [5.74, 6) is -0.781. The third-order valence-corrected chi connectivity index (χ3v) is 4.93. The van der Waals surface area contributed by atoms with E-state index in [0.29, 0.717) is 36.2 Å². The van der Waals surface area contributed by atoms with Gasteiger partial charge < -0.3 is 14.8 Å². The van der Waals surface area contributed by atoms with Gasteiger partial charge in [0.05, 0.1) is 6.04 Å². The Morgan fingerprint density at radius 3 is 2.03 bits per heavy atom. The fourth-order valence-electron chi connectivity index (χ4n) is 3.33. The molecule has 0 aliphatic carbocycles. The fourth-order valence-corrected chi connectivity index (χ4v) is 3.71. The third kappa shape index (κ3) is 6.26. The lowest BCUT2D eigenvalue weighted by Crippen LogP contribution is -2.45. The van der Waals surface area contributed by atoms with E-state index in [2.05, 4.69) is 30.7 Å². The molecular weight excluding hydrogens is 482 g/mol. The normalized spacial score (nSPS) is 16.9. The molecule has 1 aliphatic rings. The van der Waals surface area contributed by atoms with E-state index in [1.165, 1.54) is 30.3 Å². The standard InChI is InChI=1S/C19H17BrF6N2O2/c20-13-3-6-16(30-19(24,25)26)15(11-13)17(28-9-7-27-8-10-28)12-1-4-14(5-2-12)29-18(21,22)23/h1-6,11,17,27H,7-10H2/t17-/m1/s1. The van der Waals surface area contributed by atoms with E-state index in [9.17, 15) is 26.3 Å². The lowest BCUT2D eigenvalue weighted by atomic mass is 9.95. The van der Waals surface area contributed by atoms with Gasteiger partial charge in [0.25, 0.3) is 0 Å². The van der Waals surface area contributed by atoms with E-state index in [-0.39, 0.29) is 11.3 Å². The van der Waals surface area contributed by atoms with Crippen LogP contribution in [-0.4, -0.2) is 43.8 Å². The Morgan fingerprint density at radius 2 is 1.47 bits per heavy atom. The highest BCUT2D eigenvalue weighted by Crippen LogP contribution is 2.39. The minimum Gasteiger partial charge on any atom is -0.406 e. The number of ether oxygens (including phenoxy) is 2. The maximum atomic E-state index is 13.0. The predicted octanol–water partition coefficient (Wildman–Crippen LogP) is 5.24. The van der Waals surface area contributed by atoms with E-state index < -0.39 is 24.5 Å². The summed E-state index contributed by atoms with van der Waals surface area (Å²) < 4.78 is 84.9. The highest BCUT2D eigenvalue weighted by Gasteiger charge is 2.35. The van der Waals surface area contributed by atoms with E-state index in [1.54, 1.807) is 0 Å². The maximum absolute atomic E-state index is 13.0. The van der Waals surface area contributed by atoms with E-state index in [1.807, 2.05) is 4.90 Å². The Kier molecular flexibility index (Phi) is 6.83. The number of alkyl halides is 6. The van der Waals surface area contributed by atoms with Gasteiger partial charge in [0.15, 0.2) is 0 Å². The zero-order valence-electron chi connectivity index (χ0n) is 15.4. The maximum Gasteiger partial charge on any atom is 0.573 e. The van der Waals surface area contributed by atoms with Gasteiger partial charge in [0, 0.05) is 36.2 Å². The van der Waals surface area contributed by atoms with Crippen LogP contribution in [0.4, 0.5) is 26.3 Å². The second-order valence-corrected chi connectivity index (χ2v) is 7.45. The quantitative estimate of drug-likeness (QED) is 0.571. The molecular formula is C19H17BrF6N2O2. The minimum atomic E-state index is -4.89. The number of hydrogen-bond donors (Lipinski definition) is 1. The molecule has 1 atom stereocenters. The van der Waals surface area contributed by atoms with Gasteiger partial charge in [-0.15, -0.1) is 26.3 Å². The molecule has 3 rings (SSSR count). The lowest BCUT2D eigenvalue weighted by molar-refractivity contribution is -0.275. The molecule has 0 amide bonds. The zero-order valence-corrected chi connectivity index (χ0v) is 16.9. The van der Waals surface area contributed by atoms with E-state index in [0.717, 1.165) is 12.1 Å². The van der Waals surface area contributed by atoms with Crippen LogP contribution in [0.2, 0.25) is 0 Å². The van der Waals surface area contributed by atoms with Crippen LogP contribution in [0.25, 0.3) is 0 Å². The SMILES string of the molecule is FC(F)(F)Oc1ccc([C@H](c2cc(Br)ccc2OC(F)(F)F)N2CCNCC2)cc1. The Bertz CT molecular complexity index is 852. The van der Waals surface area contributed by atoms with Crippen LogP contribution in [0, 0.1) is 0 Å². The first-order valence-electron chi connectivity index (χ1n) is 8.87. The van der Waals surface area contributed by atoms with Crippen molar-refractivity contribution in [3.63, 3.8) is 0 Å². The molecule has 4 nitrogen and oxygen atoms in total. The largest absolute Gasteiger partial charge is 0.573 e. The number of hydrogen-bond acceptors (Lipinski definition) is 4. The van der Waals surface area contributed by atoms with Crippen molar-refractivity contribution >= 4 is 15.9 Å². The second-order valence-electron chi connectivity index (χ2n) is 6.54. The molecule has 1 saturated heterocycles. The fraction of sp³-hybridized carbons (Fsp3) is 0.368. The van der Waals surface area contributed by atoms with Gasteiger partial charge in [0.2, 0.25) is 0 Å². The van der Waals surface area contributed by atoms with Crippen LogP contribution in [0.1, 0.15) is 17.2 Å². The molecule has 11 heteroatoms. The number of nitrogens with zero attached hydrogens (tertiary/aromatic N) is 1. The molecule has 30 heavy (non-hydrogen) atoms. The van der Waals surface area contributed by atoms with Crippen LogP contribution in [0.3, 0.4) is 0 Å². The van der Waals surface area contributed by atoms with Gasteiger partial charge in [0.1, 0.15) is 11.5 Å². The highest BCUT2D eigenvalue weighted by molar-refractivity contribution is 9.10. The Morgan fingerprint density at radius 1 is 0.867 bits per heavy atom. The Balaban J connectivity index is 2.03. The molecule has 0 radical (unpaired) electrons. The third-order valence-electron chi connectivity index (χ3n) is 4.44. The lowest BCUT2D eigenvalue weighted by Gasteiger charge is -2.36. The second kappa shape index (κ2) is 9.03. The summed E-state index contributed by atoms with van der Waals surface area (Å²) in [4.78, 5) is 1.95. The summed E-state index contributed by atoms with van der Waals surface area (Å²) in [7, 11) is 0. The number of rotatable bonds is 5. The number of piperazine rings is 1. The van der Waals surface area contributed by atoms with Crippen LogP contribution in [0.5, 0.6) is 11.5 Å². The molecule has 0 spiro atoms. The highest BCUT2D eigenvalue weighted by atomic mass is 79.9. The summed E-state index contributed by atoms with van der Waals surface area (Å²) in [5, 5.41) is 3.16. The van der Waals surface area contributed by atoms with Crippen LogP contribution < -0.4 is 14.8 Å². The molecule has 0 saturated carbocycles. The average molecular weight is 499 g/mol. The van der Waals surface area contributed by atoms with Gasteiger partial charge in [-0.2, -0.15) is 0 Å². The molecule has 164 valence electrons. The monoisotopic (exact) mass is 498 g/mol. The first-order chi connectivity index (χ1) is 14.0. The van der Waals surface area contributed by atoms with Crippen molar-refractivity contribution < 1.29 is 35.8 Å². The summed E-state index contributed by atoms with van der Waals surface area (Å²) in [6.45, 7) is 2.30. The van der Waals surface area contributed by atoms with Gasteiger partial charge in [-0.1, -0.05) is 28.1 Å². The van der Waals surface area contributed by atoms with Crippen molar-refractivity contribution in [2.75, 3.05) is 26.2 Å². The molecule has 0 bridgehead atoms. The molecule has 2 aromatic carbocycles. The summed E-state index contributed by atoms with van der Waals surface area (Å²) >= 11 is 3.27. The number of halogens is 7. The molecule has 0 aromatic heterocycles. The van der Waals surface area contributed by atoms with Gasteiger partial charge in [-0.3, -0.25) is 4.90 Å². The minimum absolute atomic E-state index is 0.244. The molecule has 0 unspecified atom stereocenters. The van der Waals surface area contributed by atoms with E-state index in [4.69, 9.17) is 0 Å².